The lowest BCUT2D eigenvalue weighted by Gasteiger charge is -2.12. The molecule has 100 valence electrons. The van der Waals surface area contributed by atoms with E-state index >= 15 is 0 Å². The van der Waals surface area contributed by atoms with Gasteiger partial charge >= 0.3 is 0 Å². The molecule has 2 heterocycles. The number of hydrogen-bond acceptors (Lipinski definition) is 5. The first-order valence-electron chi connectivity index (χ1n) is 6.70. The summed E-state index contributed by atoms with van der Waals surface area (Å²) in [4.78, 5) is 20.7. The van der Waals surface area contributed by atoms with Gasteiger partial charge in [0.05, 0.1) is 11.3 Å². The van der Waals surface area contributed by atoms with Crippen LogP contribution < -0.4 is 0 Å². The van der Waals surface area contributed by atoms with E-state index in [-0.39, 0.29) is 5.78 Å². The van der Waals surface area contributed by atoms with Gasteiger partial charge < -0.3 is 0 Å². The molecule has 0 unspecified atom stereocenters. The van der Waals surface area contributed by atoms with Crippen LogP contribution in [-0.4, -0.2) is 31.1 Å². The van der Waals surface area contributed by atoms with E-state index in [1.165, 1.54) is 6.42 Å². The van der Waals surface area contributed by atoms with E-state index in [1.807, 2.05) is 0 Å². The number of nitrogens with zero attached hydrogens (tertiary/aromatic N) is 4. The fourth-order valence-corrected chi connectivity index (χ4v) is 3.09. The average Bonchev–Trinajstić information content (AvgIpc) is 2.79. The van der Waals surface area contributed by atoms with Gasteiger partial charge in [-0.25, -0.2) is 9.50 Å². The maximum absolute atomic E-state index is 11.8. The molecule has 0 radical (unpaired) electrons. The molecule has 0 N–H and O–H groups in total. The van der Waals surface area contributed by atoms with Gasteiger partial charge in [0.1, 0.15) is 0 Å². The highest BCUT2D eigenvalue weighted by atomic mass is 32.2. The quantitative estimate of drug-likeness (QED) is 0.634. The monoisotopic (exact) mass is 276 g/mol. The Morgan fingerprint density at radius 3 is 3.11 bits per heavy atom. The smallest absolute Gasteiger partial charge is 0.253 e. The van der Waals surface area contributed by atoms with Crippen molar-refractivity contribution in [3.8, 4) is 0 Å². The van der Waals surface area contributed by atoms with Crippen molar-refractivity contribution in [3.63, 3.8) is 0 Å². The molecule has 0 spiro atoms. The zero-order chi connectivity index (χ0) is 13.2. The maximum atomic E-state index is 11.8. The van der Waals surface area contributed by atoms with Crippen LogP contribution in [-0.2, 0) is 6.42 Å². The molecular formula is C13H16N4OS. The summed E-state index contributed by atoms with van der Waals surface area (Å²) in [5, 5.41) is 5.13. The highest BCUT2D eigenvalue weighted by molar-refractivity contribution is 7.99. The van der Waals surface area contributed by atoms with Crippen molar-refractivity contribution in [2.75, 3.05) is 5.75 Å². The fraction of sp³-hybridized carbons (Fsp3) is 0.538. The molecule has 6 heteroatoms. The van der Waals surface area contributed by atoms with Crippen LogP contribution in [0.25, 0.3) is 5.78 Å². The zero-order valence-electron chi connectivity index (χ0n) is 10.9. The summed E-state index contributed by atoms with van der Waals surface area (Å²) < 4.78 is 1.64. The normalized spacial score (nSPS) is 14.9. The van der Waals surface area contributed by atoms with Gasteiger partial charge in [-0.05, 0) is 19.3 Å². The Morgan fingerprint density at radius 2 is 2.26 bits per heavy atom. The number of thioether (sulfide) groups is 1. The van der Waals surface area contributed by atoms with Crippen molar-refractivity contribution >= 4 is 23.3 Å². The lowest BCUT2D eigenvalue weighted by molar-refractivity contribution is 0.0971. The minimum atomic E-state index is 0.173. The molecule has 0 amide bonds. The van der Waals surface area contributed by atoms with Gasteiger partial charge in [0, 0.05) is 18.4 Å². The van der Waals surface area contributed by atoms with Crippen LogP contribution in [0.1, 0.15) is 48.7 Å². The summed E-state index contributed by atoms with van der Waals surface area (Å²) in [5.74, 6) is 1.80. The number of carbonyl (C=O) groups excluding carboxylic acids is 1. The van der Waals surface area contributed by atoms with Gasteiger partial charge in [-0.3, -0.25) is 4.79 Å². The summed E-state index contributed by atoms with van der Waals surface area (Å²) in [5.41, 5.74) is 1.59. The van der Waals surface area contributed by atoms with E-state index in [0.717, 1.165) is 35.9 Å². The molecule has 3 rings (SSSR count). The number of hydrogen-bond donors (Lipinski definition) is 0. The number of carbonyl (C=O) groups is 1. The number of unbranched alkanes of at least 4 members (excludes halogenated alkanes) is 1. The van der Waals surface area contributed by atoms with Crippen LogP contribution >= 0.6 is 11.8 Å². The molecule has 0 bridgehead atoms. The van der Waals surface area contributed by atoms with Crippen LogP contribution in [0.4, 0.5) is 0 Å². The minimum absolute atomic E-state index is 0.173. The van der Waals surface area contributed by atoms with Crippen LogP contribution in [0.15, 0.2) is 11.4 Å². The molecule has 0 aromatic carbocycles. The fourth-order valence-electron chi connectivity index (χ4n) is 2.18. The Labute approximate surface area is 115 Å². The van der Waals surface area contributed by atoms with Crippen LogP contribution in [0.3, 0.4) is 0 Å². The third kappa shape index (κ3) is 2.49. The summed E-state index contributed by atoms with van der Waals surface area (Å²) in [7, 11) is 0. The third-order valence-corrected chi connectivity index (χ3v) is 4.16. The van der Waals surface area contributed by atoms with Gasteiger partial charge in [-0.1, -0.05) is 25.1 Å². The molecule has 2 aromatic heterocycles. The Morgan fingerprint density at radius 1 is 1.37 bits per heavy atom. The predicted molar refractivity (Wildman–Crippen MR) is 73.7 cm³/mol. The summed E-state index contributed by atoms with van der Waals surface area (Å²) in [6.45, 7) is 2.17. The number of ketones is 1. The molecule has 19 heavy (non-hydrogen) atoms. The molecule has 1 aliphatic carbocycles. The first-order chi connectivity index (χ1) is 9.28. The third-order valence-electron chi connectivity index (χ3n) is 3.24. The molecule has 0 saturated heterocycles. The largest absolute Gasteiger partial charge is 0.294 e. The number of rotatable bonds is 4. The molecule has 0 aliphatic heterocycles. The van der Waals surface area contributed by atoms with Crippen molar-refractivity contribution in [1.29, 1.82) is 0 Å². The lowest BCUT2D eigenvalue weighted by Crippen LogP contribution is -2.14. The summed E-state index contributed by atoms with van der Waals surface area (Å²) >= 11 is 1.65. The highest BCUT2D eigenvalue weighted by Gasteiger charge is 2.20. The maximum Gasteiger partial charge on any atom is 0.253 e. The Kier molecular flexibility index (Phi) is 3.50. The van der Waals surface area contributed by atoms with Crippen LogP contribution in [0.5, 0.6) is 0 Å². The number of aryl methyl sites for hydroxylation is 1. The first kappa shape index (κ1) is 12.6. The van der Waals surface area contributed by atoms with Gasteiger partial charge in [0.25, 0.3) is 5.78 Å². The molecule has 2 aromatic rings. The second-order valence-electron chi connectivity index (χ2n) is 4.72. The topological polar surface area (TPSA) is 60.1 Å². The van der Waals surface area contributed by atoms with Crippen molar-refractivity contribution in [2.45, 2.75) is 44.2 Å². The molecule has 0 atom stereocenters. The number of aromatic nitrogens is 4. The van der Waals surface area contributed by atoms with E-state index in [4.69, 9.17) is 0 Å². The van der Waals surface area contributed by atoms with Crippen molar-refractivity contribution in [3.05, 3.63) is 17.5 Å². The Hall–Kier alpha value is -1.43. The van der Waals surface area contributed by atoms with Crippen LogP contribution in [0, 0.1) is 0 Å². The Bertz CT molecular complexity index is 622. The number of Topliss-reactive ketones (excluding diaryl/α,β-unsaturated/α-hetero) is 1. The Balaban J connectivity index is 1.92. The average molecular weight is 276 g/mol. The standard InChI is InChI=1S/C13H16N4OS/c1-2-3-7-19-13-15-12-14-10-5-4-6-11(18)9(10)8-17(12)16-13/h8H,2-7H2,1H3. The lowest BCUT2D eigenvalue weighted by atomic mass is 9.96. The summed E-state index contributed by atoms with van der Waals surface area (Å²) in [6.07, 6.45) is 6.48. The van der Waals surface area contributed by atoms with Gasteiger partial charge in [-0.2, -0.15) is 4.98 Å². The molecular weight excluding hydrogens is 260 g/mol. The second-order valence-corrected chi connectivity index (χ2v) is 5.78. The highest BCUT2D eigenvalue weighted by Crippen LogP contribution is 2.21. The SMILES string of the molecule is CCCCSc1nc2nc3c(cn2n1)C(=O)CCC3. The molecule has 0 saturated carbocycles. The van der Waals surface area contributed by atoms with Gasteiger partial charge in [0.15, 0.2) is 5.78 Å². The summed E-state index contributed by atoms with van der Waals surface area (Å²) in [6, 6.07) is 0. The van der Waals surface area contributed by atoms with Gasteiger partial charge in [0.2, 0.25) is 5.16 Å². The molecule has 5 nitrogen and oxygen atoms in total. The van der Waals surface area contributed by atoms with Crippen LogP contribution in [0.2, 0.25) is 0 Å². The van der Waals surface area contributed by atoms with Gasteiger partial charge in [-0.15, -0.1) is 5.10 Å². The predicted octanol–water partition coefficient (Wildman–Crippen LogP) is 2.54. The minimum Gasteiger partial charge on any atom is -0.294 e. The van der Waals surface area contributed by atoms with Crippen molar-refractivity contribution < 1.29 is 4.79 Å². The first-order valence-corrected chi connectivity index (χ1v) is 7.69. The van der Waals surface area contributed by atoms with Crippen molar-refractivity contribution in [1.82, 2.24) is 19.6 Å². The molecule has 0 fully saturated rings. The van der Waals surface area contributed by atoms with Crippen molar-refractivity contribution in [2.24, 2.45) is 0 Å². The number of fused-ring (bicyclic) bond motifs is 2. The van der Waals surface area contributed by atoms with E-state index in [0.29, 0.717) is 17.8 Å². The second kappa shape index (κ2) is 5.28. The van der Waals surface area contributed by atoms with E-state index < -0.39 is 0 Å². The van der Waals surface area contributed by atoms with E-state index in [2.05, 4.69) is 22.0 Å². The van der Waals surface area contributed by atoms with E-state index in [1.54, 1.807) is 22.5 Å². The van der Waals surface area contributed by atoms with E-state index in [9.17, 15) is 4.79 Å². The molecule has 1 aliphatic rings. The zero-order valence-corrected chi connectivity index (χ0v) is 11.7.